The van der Waals surface area contributed by atoms with Gasteiger partial charge in [0.2, 0.25) is 0 Å². The average molecular weight is 374 g/mol. The maximum Gasteiger partial charge on any atom is 0.299 e. The Labute approximate surface area is 143 Å². The summed E-state index contributed by atoms with van der Waals surface area (Å²) in [5.41, 5.74) is 3.33. The predicted octanol–water partition coefficient (Wildman–Crippen LogP) is 3.67. The lowest BCUT2D eigenvalue weighted by atomic mass is 10.1. The third-order valence-electron chi connectivity index (χ3n) is 4.06. The average Bonchev–Trinajstić information content (AvgIpc) is 2.76. The van der Waals surface area contributed by atoms with Gasteiger partial charge in [-0.3, -0.25) is 9.59 Å². The Bertz CT molecular complexity index is 801. The van der Waals surface area contributed by atoms with Gasteiger partial charge in [0.1, 0.15) is 12.4 Å². The highest BCUT2D eigenvalue weighted by molar-refractivity contribution is 9.10. The summed E-state index contributed by atoms with van der Waals surface area (Å²) in [5.74, 6) is -0.158. The van der Waals surface area contributed by atoms with Crippen LogP contribution in [0.3, 0.4) is 0 Å². The van der Waals surface area contributed by atoms with Gasteiger partial charge in [0.25, 0.3) is 11.7 Å². The van der Waals surface area contributed by atoms with Gasteiger partial charge in [-0.05, 0) is 49.2 Å². The van der Waals surface area contributed by atoms with Crippen molar-refractivity contribution in [3.8, 4) is 5.75 Å². The largest absolute Gasteiger partial charge is 0.491 e. The van der Waals surface area contributed by atoms with Gasteiger partial charge < -0.3 is 9.64 Å². The molecule has 0 spiro atoms. The van der Waals surface area contributed by atoms with Gasteiger partial charge >= 0.3 is 0 Å². The highest BCUT2D eigenvalue weighted by Gasteiger charge is 2.35. The molecule has 0 aliphatic carbocycles. The van der Waals surface area contributed by atoms with E-state index in [0.717, 1.165) is 21.3 Å². The fourth-order valence-corrected chi connectivity index (χ4v) is 2.98. The van der Waals surface area contributed by atoms with Crippen LogP contribution in [0.2, 0.25) is 0 Å². The molecule has 0 atom stereocenters. The Morgan fingerprint density at radius 1 is 1.13 bits per heavy atom. The van der Waals surface area contributed by atoms with E-state index in [9.17, 15) is 9.59 Å². The number of hydrogen-bond acceptors (Lipinski definition) is 3. The number of nitrogens with zero attached hydrogens (tertiary/aromatic N) is 1. The first kappa shape index (κ1) is 15.7. The van der Waals surface area contributed by atoms with Crippen LogP contribution in [-0.2, 0) is 4.79 Å². The van der Waals surface area contributed by atoms with Gasteiger partial charge in [-0.15, -0.1) is 0 Å². The lowest BCUT2D eigenvalue weighted by Crippen LogP contribution is -2.33. The van der Waals surface area contributed by atoms with Crippen LogP contribution in [-0.4, -0.2) is 24.8 Å². The zero-order valence-electron chi connectivity index (χ0n) is 12.9. The summed E-state index contributed by atoms with van der Waals surface area (Å²) in [6.07, 6.45) is 0. The van der Waals surface area contributed by atoms with Crippen molar-refractivity contribution in [2.75, 3.05) is 18.1 Å². The molecule has 1 aliphatic heterocycles. The normalized spacial score (nSPS) is 13.4. The number of halogens is 1. The minimum Gasteiger partial charge on any atom is -0.491 e. The van der Waals surface area contributed by atoms with E-state index in [-0.39, 0.29) is 0 Å². The molecular weight excluding hydrogens is 358 g/mol. The van der Waals surface area contributed by atoms with Crippen LogP contribution >= 0.6 is 15.9 Å². The number of aryl methyl sites for hydroxylation is 1. The van der Waals surface area contributed by atoms with Crippen LogP contribution in [0.1, 0.15) is 21.5 Å². The molecule has 23 heavy (non-hydrogen) atoms. The van der Waals surface area contributed by atoms with Crippen LogP contribution < -0.4 is 9.64 Å². The summed E-state index contributed by atoms with van der Waals surface area (Å²) in [6, 6.07) is 11.2. The van der Waals surface area contributed by atoms with E-state index >= 15 is 0 Å². The minimum atomic E-state index is -0.498. The molecule has 0 unspecified atom stereocenters. The Hall–Kier alpha value is -2.14. The Morgan fingerprint density at radius 2 is 1.91 bits per heavy atom. The van der Waals surface area contributed by atoms with E-state index in [1.807, 2.05) is 38.1 Å². The van der Waals surface area contributed by atoms with E-state index < -0.39 is 11.7 Å². The number of anilines is 1. The van der Waals surface area contributed by atoms with Crippen LogP contribution in [0, 0.1) is 13.8 Å². The number of carbonyl (C=O) groups excluding carboxylic acids is 2. The van der Waals surface area contributed by atoms with E-state index in [2.05, 4.69) is 15.9 Å². The number of amides is 1. The predicted molar refractivity (Wildman–Crippen MR) is 92.2 cm³/mol. The van der Waals surface area contributed by atoms with Crippen molar-refractivity contribution in [2.45, 2.75) is 13.8 Å². The fourth-order valence-electron chi connectivity index (χ4n) is 2.62. The van der Waals surface area contributed by atoms with Gasteiger partial charge in [0.15, 0.2) is 0 Å². The number of ketones is 1. The topological polar surface area (TPSA) is 46.6 Å². The molecule has 4 nitrogen and oxygen atoms in total. The van der Waals surface area contributed by atoms with Gasteiger partial charge in [-0.25, -0.2) is 0 Å². The molecule has 0 bridgehead atoms. The molecule has 0 radical (unpaired) electrons. The lowest BCUT2D eigenvalue weighted by molar-refractivity contribution is -0.114. The van der Waals surface area contributed by atoms with Crippen molar-refractivity contribution in [1.82, 2.24) is 0 Å². The third-order valence-corrected chi connectivity index (χ3v) is 4.55. The van der Waals surface area contributed by atoms with Crippen LogP contribution in [0.15, 0.2) is 40.9 Å². The summed E-state index contributed by atoms with van der Waals surface area (Å²) in [6.45, 7) is 4.70. The first-order valence-electron chi connectivity index (χ1n) is 7.34. The highest BCUT2D eigenvalue weighted by atomic mass is 79.9. The molecule has 0 aromatic heterocycles. The summed E-state index contributed by atoms with van der Waals surface area (Å²) in [7, 11) is 0. The zero-order chi connectivity index (χ0) is 16.6. The highest BCUT2D eigenvalue weighted by Crippen LogP contribution is 2.31. The van der Waals surface area contributed by atoms with Crippen molar-refractivity contribution in [3.05, 3.63) is 57.6 Å². The molecule has 1 amide bonds. The molecule has 2 aromatic carbocycles. The molecule has 1 heterocycles. The fraction of sp³-hybridized carbons (Fsp3) is 0.222. The van der Waals surface area contributed by atoms with Gasteiger partial charge in [0.05, 0.1) is 17.8 Å². The number of carbonyl (C=O) groups is 2. The summed E-state index contributed by atoms with van der Waals surface area (Å²) < 4.78 is 6.57. The van der Waals surface area contributed by atoms with E-state index in [4.69, 9.17) is 4.74 Å². The van der Waals surface area contributed by atoms with Crippen molar-refractivity contribution in [3.63, 3.8) is 0 Å². The summed E-state index contributed by atoms with van der Waals surface area (Å²) in [4.78, 5) is 25.7. The smallest absolute Gasteiger partial charge is 0.299 e. The second-order valence-corrected chi connectivity index (χ2v) is 6.41. The molecular formula is C18H16BrNO3. The van der Waals surface area contributed by atoms with Gasteiger partial charge in [0, 0.05) is 4.47 Å². The SMILES string of the molecule is Cc1cccc(OCCN2C(=O)C(=O)c3cc(Br)ccc32)c1C. The maximum atomic E-state index is 12.1. The molecule has 118 valence electrons. The number of Topliss-reactive ketones (excluding diaryl/α,β-unsaturated/α-hetero) is 1. The second-order valence-electron chi connectivity index (χ2n) is 5.49. The van der Waals surface area contributed by atoms with Crippen molar-refractivity contribution >= 4 is 33.3 Å². The van der Waals surface area contributed by atoms with Crippen LogP contribution in [0.4, 0.5) is 5.69 Å². The maximum absolute atomic E-state index is 12.1. The number of fused-ring (bicyclic) bond motifs is 1. The number of rotatable bonds is 4. The molecule has 3 rings (SSSR count). The zero-order valence-corrected chi connectivity index (χ0v) is 14.5. The summed E-state index contributed by atoms with van der Waals surface area (Å²) >= 11 is 3.32. The molecule has 0 fully saturated rings. The first-order chi connectivity index (χ1) is 11.0. The number of hydrogen-bond donors (Lipinski definition) is 0. The van der Waals surface area contributed by atoms with Gasteiger partial charge in [-0.1, -0.05) is 28.1 Å². The Kier molecular flexibility index (Phi) is 4.22. The second kappa shape index (κ2) is 6.16. The minimum absolute atomic E-state index is 0.332. The molecule has 2 aromatic rings. The number of ether oxygens (including phenoxy) is 1. The molecule has 0 saturated carbocycles. The van der Waals surface area contributed by atoms with E-state index in [1.165, 1.54) is 4.90 Å². The van der Waals surface area contributed by atoms with Crippen LogP contribution in [0.25, 0.3) is 0 Å². The molecule has 0 N–H and O–H groups in total. The van der Waals surface area contributed by atoms with Crippen molar-refractivity contribution in [1.29, 1.82) is 0 Å². The Morgan fingerprint density at radius 3 is 2.70 bits per heavy atom. The molecule has 0 saturated heterocycles. The quantitative estimate of drug-likeness (QED) is 0.768. The monoisotopic (exact) mass is 373 g/mol. The third kappa shape index (κ3) is 2.88. The standard InChI is InChI=1S/C18H16BrNO3/c1-11-4-3-5-16(12(11)2)23-9-8-20-15-7-6-13(19)10-14(15)17(21)18(20)22/h3-7,10H,8-9H2,1-2H3. The van der Waals surface area contributed by atoms with Crippen LogP contribution in [0.5, 0.6) is 5.75 Å². The summed E-state index contributed by atoms with van der Waals surface area (Å²) in [5, 5.41) is 0. The Balaban J connectivity index is 1.73. The molecule has 5 heteroatoms. The van der Waals surface area contributed by atoms with E-state index in [1.54, 1.807) is 12.1 Å². The lowest BCUT2D eigenvalue weighted by Gasteiger charge is -2.18. The van der Waals surface area contributed by atoms with Crippen molar-refractivity contribution < 1.29 is 14.3 Å². The van der Waals surface area contributed by atoms with E-state index in [0.29, 0.717) is 24.4 Å². The van der Waals surface area contributed by atoms with Crippen molar-refractivity contribution in [2.24, 2.45) is 0 Å². The molecule has 1 aliphatic rings. The number of benzene rings is 2. The van der Waals surface area contributed by atoms with Gasteiger partial charge in [-0.2, -0.15) is 0 Å². The first-order valence-corrected chi connectivity index (χ1v) is 8.13.